The predicted molar refractivity (Wildman–Crippen MR) is 66.3 cm³/mol. The van der Waals surface area contributed by atoms with Crippen LogP contribution < -0.4 is 0 Å². The molecule has 2 aromatic rings. The summed E-state index contributed by atoms with van der Waals surface area (Å²) in [5, 5.41) is 6.16. The van der Waals surface area contributed by atoms with E-state index in [1.54, 1.807) is 12.3 Å². The Kier molecular flexibility index (Phi) is 3.28. The summed E-state index contributed by atoms with van der Waals surface area (Å²) in [6, 6.07) is 5.65. The zero-order chi connectivity index (χ0) is 12.4. The molecule has 0 aliphatic carbocycles. The third kappa shape index (κ3) is 2.74. The van der Waals surface area contributed by atoms with E-state index in [1.807, 2.05) is 30.8 Å². The van der Waals surface area contributed by atoms with Crippen LogP contribution in [0.15, 0.2) is 34.4 Å². The summed E-state index contributed by atoms with van der Waals surface area (Å²) in [5.74, 6) is 0.0328. The molecular formula is C12H13N3OS. The second-order valence-electron chi connectivity index (χ2n) is 3.79. The molecule has 0 amide bonds. The van der Waals surface area contributed by atoms with Crippen molar-refractivity contribution in [1.82, 2.24) is 14.8 Å². The van der Waals surface area contributed by atoms with Crippen molar-refractivity contribution < 1.29 is 4.79 Å². The highest BCUT2D eigenvalue weighted by Crippen LogP contribution is 2.25. The normalized spacial score (nSPS) is 10.5. The highest BCUT2D eigenvalue weighted by molar-refractivity contribution is 7.99. The van der Waals surface area contributed by atoms with Crippen LogP contribution in [0, 0.1) is 6.92 Å². The average Bonchev–Trinajstić information content (AvgIpc) is 2.58. The number of carbonyl (C=O) groups is 1. The minimum absolute atomic E-state index is 0.0328. The molecule has 0 saturated carbocycles. The summed E-state index contributed by atoms with van der Waals surface area (Å²) in [6.07, 6.45) is 1.61. The van der Waals surface area contributed by atoms with E-state index in [9.17, 15) is 4.79 Å². The van der Waals surface area contributed by atoms with Gasteiger partial charge in [0.15, 0.2) is 5.78 Å². The molecule has 0 radical (unpaired) electrons. The number of aryl methyl sites for hydroxylation is 2. The van der Waals surface area contributed by atoms with Gasteiger partial charge in [0.2, 0.25) is 0 Å². The van der Waals surface area contributed by atoms with E-state index < -0.39 is 0 Å². The zero-order valence-corrected chi connectivity index (χ0v) is 10.8. The first kappa shape index (κ1) is 11.9. The fourth-order valence-corrected chi connectivity index (χ4v) is 2.30. The van der Waals surface area contributed by atoms with E-state index in [1.165, 1.54) is 18.7 Å². The molecule has 2 heterocycles. The van der Waals surface area contributed by atoms with Crippen LogP contribution in [0.5, 0.6) is 0 Å². The first-order valence-corrected chi connectivity index (χ1v) is 6.03. The van der Waals surface area contributed by atoms with E-state index >= 15 is 0 Å². The van der Waals surface area contributed by atoms with Gasteiger partial charge in [-0.3, -0.25) is 9.48 Å². The van der Waals surface area contributed by atoms with E-state index in [4.69, 9.17) is 0 Å². The van der Waals surface area contributed by atoms with Crippen LogP contribution in [-0.2, 0) is 7.05 Å². The van der Waals surface area contributed by atoms with Crippen LogP contribution in [0.2, 0.25) is 0 Å². The minimum Gasteiger partial charge on any atom is -0.294 e. The lowest BCUT2D eigenvalue weighted by Gasteiger charge is -2.01. The Bertz CT molecular complexity index is 545. The van der Waals surface area contributed by atoms with Gasteiger partial charge in [-0.15, -0.1) is 0 Å². The Morgan fingerprint density at radius 1 is 1.41 bits per heavy atom. The lowest BCUT2D eigenvalue weighted by Crippen LogP contribution is -1.95. The third-order valence-corrected chi connectivity index (χ3v) is 3.35. The van der Waals surface area contributed by atoms with Crippen molar-refractivity contribution >= 4 is 17.5 Å². The molecule has 0 aromatic carbocycles. The second kappa shape index (κ2) is 4.71. The summed E-state index contributed by atoms with van der Waals surface area (Å²) < 4.78 is 1.82. The van der Waals surface area contributed by atoms with Gasteiger partial charge in [0, 0.05) is 18.8 Å². The van der Waals surface area contributed by atoms with Gasteiger partial charge in [-0.1, -0.05) is 11.8 Å². The van der Waals surface area contributed by atoms with Gasteiger partial charge in [0.05, 0.1) is 5.69 Å². The highest BCUT2D eigenvalue weighted by Gasteiger charge is 2.06. The highest BCUT2D eigenvalue weighted by atomic mass is 32.2. The summed E-state index contributed by atoms with van der Waals surface area (Å²) in [4.78, 5) is 15.4. The molecule has 88 valence electrons. The standard InChI is InChI=1S/C12H13N3OS/c1-8-6-12(15(3)14-8)17-11-5-4-10(7-13-11)9(2)16/h4-7H,1-3H3. The van der Waals surface area contributed by atoms with Crippen LogP contribution in [0.4, 0.5) is 0 Å². The maximum absolute atomic E-state index is 11.1. The molecule has 0 bridgehead atoms. The number of pyridine rings is 1. The quantitative estimate of drug-likeness (QED) is 0.782. The number of hydrogen-bond acceptors (Lipinski definition) is 4. The Morgan fingerprint density at radius 3 is 2.65 bits per heavy atom. The number of aromatic nitrogens is 3. The van der Waals surface area contributed by atoms with Crippen LogP contribution in [0.1, 0.15) is 23.0 Å². The minimum atomic E-state index is 0.0328. The number of ketones is 1. The Labute approximate surface area is 104 Å². The van der Waals surface area contributed by atoms with Crippen LogP contribution in [0.3, 0.4) is 0 Å². The van der Waals surface area contributed by atoms with Crippen LogP contribution >= 0.6 is 11.8 Å². The molecule has 17 heavy (non-hydrogen) atoms. The van der Waals surface area contributed by atoms with E-state index in [2.05, 4.69) is 10.1 Å². The number of hydrogen-bond donors (Lipinski definition) is 0. The fourth-order valence-electron chi connectivity index (χ4n) is 1.44. The second-order valence-corrected chi connectivity index (χ2v) is 4.83. The molecule has 0 aliphatic heterocycles. The summed E-state index contributed by atoms with van der Waals surface area (Å²) in [7, 11) is 1.90. The Morgan fingerprint density at radius 2 is 2.18 bits per heavy atom. The van der Waals surface area contributed by atoms with Crippen LogP contribution in [-0.4, -0.2) is 20.5 Å². The van der Waals surface area contributed by atoms with Gasteiger partial charge in [-0.05, 0) is 32.0 Å². The SMILES string of the molecule is CC(=O)c1ccc(Sc2cc(C)nn2C)nc1. The lowest BCUT2D eigenvalue weighted by molar-refractivity contribution is 0.101. The number of nitrogens with zero attached hydrogens (tertiary/aromatic N) is 3. The van der Waals surface area contributed by atoms with E-state index in [0.717, 1.165) is 15.7 Å². The van der Waals surface area contributed by atoms with Crippen molar-refractivity contribution in [2.75, 3.05) is 0 Å². The molecule has 0 spiro atoms. The average molecular weight is 247 g/mol. The zero-order valence-electron chi connectivity index (χ0n) is 9.97. The molecule has 0 aliphatic rings. The topological polar surface area (TPSA) is 47.8 Å². The molecule has 2 rings (SSSR count). The molecule has 4 nitrogen and oxygen atoms in total. The molecule has 0 N–H and O–H groups in total. The monoisotopic (exact) mass is 247 g/mol. The number of carbonyl (C=O) groups excluding carboxylic acids is 1. The molecule has 0 fully saturated rings. The smallest absolute Gasteiger partial charge is 0.161 e. The maximum Gasteiger partial charge on any atom is 0.161 e. The van der Waals surface area contributed by atoms with Gasteiger partial charge in [0.25, 0.3) is 0 Å². The maximum atomic E-state index is 11.1. The molecular weight excluding hydrogens is 234 g/mol. The van der Waals surface area contributed by atoms with Gasteiger partial charge in [-0.2, -0.15) is 5.10 Å². The Hall–Kier alpha value is -1.62. The molecule has 0 atom stereocenters. The molecule has 5 heteroatoms. The van der Waals surface area contributed by atoms with E-state index in [0.29, 0.717) is 5.56 Å². The van der Waals surface area contributed by atoms with Crippen molar-refractivity contribution in [2.45, 2.75) is 23.9 Å². The molecule has 0 saturated heterocycles. The van der Waals surface area contributed by atoms with E-state index in [-0.39, 0.29) is 5.78 Å². The van der Waals surface area contributed by atoms with Crippen molar-refractivity contribution in [2.24, 2.45) is 7.05 Å². The van der Waals surface area contributed by atoms with Gasteiger partial charge < -0.3 is 0 Å². The number of Topliss-reactive ketones (excluding diaryl/α,β-unsaturated/α-hetero) is 1. The number of rotatable bonds is 3. The largest absolute Gasteiger partial charge is 0.294 e. The van der Waals surface area contributed by atoms with Gasteiger partial charge in [0.1, 0.15) is 10.1 Å². The first-order valence-electron chi connectivity index (χ1n) is 5.22. The van der Waals surface area contributed by atoms with Gasteiger partial charge in [-0.25, -0.2) is 4.98 Å². The fraction of sp³-hybridized carbons (Fsp3) is 0.250. The summed E-state index contributed by atoms with van der Waals surface area (Å²) >= 11 is 1.53. The van der Waals surface area contributed by atoms with Crippen molar-refractivity contribution in [1.29, 1.82) is 0 Å². The lowest BCUT2D eigenvalue weighted by atomic mass is 10.2. The Balaban J connectivity index is 2.19. The third-order valence-electron chi connectivity index (χ3n) is 2.31. The van der Waals surface area contributed by atoms with Gasteiger partial charge >= 0.3 is 0 Å². The van der Waals surface area contributed by atoms with Crippen LogP contribution in [0.25, 0.3) is 0 Å². The van der Waals surface area contributed by atoms with Crippen molar-refractivity contribution in [3.63, 3.8) is 0 Å². The van der Waals surface area contributed by atoms with Crippen molar-refractivity contribution in [3.8, 4) is 0 Å². The molecule has 0 unspecified atom stereocenters. The predicted octanol–water partition coefficient (Wildman–Crippen LogP) is 2.48. The summed E-state index contributed by atoms with van der Waals surface area (Å²) in [6.45, 7) is 3.49. The first-order chi connectivity index (χ1) is 8.06. The molecule has 2 aromatic heterocycles. The summed E-state index contributed by atoms with van der Waals surface area (Å²) in [5.41, 5.74) is 1.62. The van der Waals surface area contributed by atoms with Crippen molar-refractivity contribution in [3.05, 3.63) is 35.7 Å².